The van der Waals surface area contributed by atoms with Gasteiger partial charge in [0.05, 0.1) is 55.1 Å². The van der Waals surface area contributed by atoms with Crippen LogP contribution in [0.1, 0.15) is 39.3 Å². The summed E-state index contributed by atoms with van der Waals surface area (Å²) in [4.78, 5) is 27.4. The number of thiophene rings is 1. The summed E-state index contributed by atoms with van der Waals surface area (Å²) in [6.45, 7) is 0.0687. The van der Waals surface area contributed by atoms with Crippen LogP contribution in [-0.4, -0.2) is 57.3 Å². The quantitative estimate of drug-likeness (QED) is 0.195. The number of aromatic nitrogens is 3. The number of carbonyl (C=O) groups is 2. The number of nitrogens with one attached hydrogen (secondary N) is 1. The van der Waals surface area contributed by atoms with E-state index in [0.717, 1.165) is 21.9 Å². The molecule has 3 aromatic heterocycles. The van der Waals surface area contributed by atoms with Gasteiger partial charge in [0, 0.05) is 6.42 Å². The molecule has 0 unspecified atom stereocenters. The number of ether oxygens (including phenoxy) is 2. The normalized spacial score (nSPS) is 14.4. The van der Waals surface area contributed by atoms with Crippen molar-refractivity contribution in [3.8, 4) is 17.2 Å². The average molecular weight is 629 g/mol. The fraction of sp³-hybridized carbons (Fsp3) is 0.194. The minimum atomic E-state index is -0.382. The molecule has 2 aromatic carbocycles. The Morgan fingerprint density at radius 1 is 1.02 bits per heavy atom. The van der Waals surface area contributed by atoms with Crippen LogP contribution < -0.4 is 14.8 Å². The maximum Gasteiger partial charge on any atom is 0.287 e. The van der Waals surface area contributed by atoms with Crippen molar-refractivity contribution in [2.24, 2.45) is 5.10 Å². The van der Waals surface area contributed by atoms with E-state index in [-0.39, 0.29) is 35.9 Å². The molecule has 0 radical (unpaired) electrons. The highest BCUT2D eigenvalue weighted by molar-refractivity contribution is 7.99. The summed E-state index contributed by atoms with van der Waals surface area (Å²) in [5.41, 5.74) is 2.50. The highest BCUT2D eigenvalue weighted by atomic mass is 32.2. The number of carbonyl (C=O) groups excluding carboxylic acids is 2. The van der Waals surface area contributed by atoms with E-state index >= 15 is 0 Å². The zero-order valence-corrected chi connectivity index (χ0v) is 25.5. The molecule has 2 amide bonds. The van der Waals surface area contributed by atoms with E-state index in [2.05, 4.69) is 15.5 Å². The SMILES string of the molecule is COc1ccc([C@H]2CC(c3cccs3)=NN2C(=O)CSc2nnc(CNC(=O)c3ccco3)n2-c2ccccc2OC)cc1. The molecule has 0 saturated heterocycles. The minimum Gasteiger partial charge on any atom is -0.497 e. The van der Waals surface area contributed by atoms with Gasteiger partial charge in [-0.05, 0) is 53.4 Å². The molecule has 0 saturated carbocycles. The first kappa shape index (κ1) is 29.2. The standard InChI is InChI=1S/C31H28N6O5S2/c1-40-21-13-11-20(12-14-21)24-17-22(27-10-6-16-43-27)35-37(24)29(38)19-44-31-34-33-28(18-32-30(39)26-9-5-15-42-26)36(31)23-7-3-4-8-25(23)41-2/h3-16,24H,17-19H2,1-2H3,(H,32,39)/t24-/m1/s1. The second-order valence-corrected chi connectivity index (χ2v) is 11.5. The van der Waals surface area contributed by atoms with E-state index in [1.165, 1.54) is 18.0 Å². The number of thioether (sulfide) groups is 1. The Labute approximate surface area is 261 Å². The first-order valence-corrected chi connectivity index (χ1v) is 15.5. The van der Waals surface area contributed by atoms with Crippen LogP contribution in [0.4, 0.5) is 0 Å². The smallest absolute Gasteiger partial charge is 0.287 e. The number of hydrazone groups is 1. The number of furan rings is 1. The van der Waals surface area contributed by atoms with E-state index in [4.69, 9.17) is 19.0 Å². The van der Waals surface area contributed by atoms with Gasteiger partial charge in [0.15, 0.2) is 16.7 Å². The third-order valence-electron chi connectivity index (χ3n) is 6.98. The van der Waals surface area contributed by atoms with Gasteiger partial charge in [-0.3, -0.25) is 14.2 Å². The first-order valence-electron chi connectivity index (χ1n) is 13.6. The zero-order chi connectivity index (χ0) is 30.5. The Morgan fingerprint density at radius 3 is 2.59 bits per heavy atom. The number of para-hydroxylation sites is 2. The Hall–Kier alpha value is -4.88. The Morgan fingerprint density at radius 2 is 1.86 bits per heavy atom. The van der Waals surface area contributed by atoms with E-state index in [1.807, 2.05) is 66.0 Å². The topological polar surface area (TPSA) is 124 Å². The van der Waals surface area contributed by atoms with E-state index in [9.17, 15) is 9.59 Å². The van der Waals surface area contributed by atoms with Gasteiger partial charge in [-0.15, -0.1) is 21.5 Å². The number of hydrogen-bond donors (Lipinski definition) is 1. The molecule has 0 aliphatic carbocycles. The fourth-order valence-corrected chi connectivity index (χ4v) is 6.37. The lowest BCUT2D eigenvalue weighted by Gasteiger charge is -2.22. The summed E-state index contributed by atoms with van der Waals surface area (Å²) in [6, 6.07) is 22.1. The van der Waals surface area contributed by atoms with Crippen LogP contribution >= 0.6 is 23.1 Å². The lowest BCUT2D eigenvalue weighted by Crippen LogP contribution is -2.28. The van der Waals surface area contributed by atoms with Crippen LogP contribution in [0.2, 0.25) is 0 Å². The molecule has 1 atom stereocenters. The summed E-state index contributed by atoms with van der Waals surface area (Å²) in [5.74, 6) is 1.47. The maximum absolute atomic E-state index is 13.8. The van der Waals surface area contributed by atoms with Crippen LogP contribution in [0.3, 0.4) is 0 Å². The third-order valence-corrected chi connectivity index (χ3v) is 8.81. The minimum absolute atomic E-state index is 0.0555. The van der Waals surface area contributed by atoms with Crippen LogP contribution in [0.5, 0.6) is 11.5 Å². The fourth-order valence-electron chi connectivity index (χ4n) is 4.83. The van der Waals surface area contributed by atoms with Crippen molar-refractivity contribution < 1.29 is 23.5 Å². The molecule has 1 aliphatic rings. The van der Waals surface area contributed by atoms with Crippen molar-refractivity contribution >= 4 is 40.6 Å². The van der Waals surface area contributed by atoms with Crippen molar-refractivity contribution in [2.75, 3.05) is 20.0 Å². The number of hydrogen-bond acceptors (Lipinski definition) is 10. The summed E-state index contributed by atoms with van der Waals surface area (Å²) < 4.78 is 17.9. The van der Waals surface area contributed by atoms with Crippen LogP contribution in [0.25, 0.3) is 5.69 Å². The monoisotopic (exact) mass is 628 g/mol. The van der Waals surface area contributed by atoms with Gasteiger partial charge in [0.1, 0.15) is 11.5 Å². The van der Waals surface area contributed by atoms with Gasteiger partial charge in [-0.1, -0.05) is 42.1 Å². The number of benzene rings is 2. The molecule has 0 bridgehead atoms. The van der Waals surface area contributed by atoms with E-state index in [1.54, 1.807) is 47.3 Å². The van der Waals surface area contributed by atoms with Gasteiger partial charge in [0.25, 0.3) is 11.8 Å². The molecule has 0 spiro atoms. The largest absolute Gasteiger partial charge is 0.497 e. The summed E-state index contributed by atoms with van der Waals surface area (Å²) in [7, 11) is 3.20. The molecular weight excluding hydrogens is 601 g/mol. The Kier molecular flexibility index (Phi) is 8.75. The lowest BCUT2D eigenvalue weighted by atomic mass is 10.0. The highest BCUT2D eigenvalue weighted by Gasteiger charge is 2.34. The van der Waals surface area contributed by atoms with Crippen molar-refractivity contribution in [1.29, 1.82) is 0 Å². The number of methoxy groups -OCH3 is 2. The average Bonchev–Trinajstić information content (AvgIpc) is 3.89. The molecule has 44 heavy (non-hydrogen) atoms. The van der Waals surface area contributed by atoms with E-state index < -0.39 is 0 Å². The number of nitrogens with zero attached hydrogens (tertiary/aromatic N) is 5. The highest BCUT2D eigenvalue weighted by Crippen LogP contribution is 2.36. The first-order chi connectivity index (χ1) is 21.6. The molecule has 13 heteroatoms. The van der Waals surface area contributed by atoms with Gasteiger partial charge >= 0.3 is 0 Å². The summed E-state index contributed by atoms with van der Waals surface area (Å²) >= 11 is 2.83. The summed E-state index contributed by atoms with van der Waals surface area (Å²) in [5, 5.41) is 20.4. The molecule has 5 aromatic rings. The number of rotatable bonds is 11. The Balaban J connectivity index is 1.26. The molecule has 224 valence electrons. The molecule has 11 nitrogen and oxygen atoms in total. The van der Waals surface area contributed by atoms with Crippen molar-refractivity contribution in [1.82, 2.24) is 25.1 Å². The Bertz CT molecular complexity index is 1770. The molecule has 0 fully saturated rings. The second kappa shape index (κ2) is 13.2. The number of amides is 2. The lowest BCUT2D eigenvalue weighted by molar-refractivity contribution is -0.130. The molecular formula is C31H28N6O5S2. The van der Waals surface area contributed by atoms with Crippen LogP contribution in [0.15, 0.2) is 99.1 Å². The predicted molar refractivity (Wildman–Crippen MR) is 167 cm³/mol. The van der Waals surface area contributed by atoms with Crippen LogP contribution in [-0.2, 0) is 11.3 Å². The molecule has 1 aliphatic heterocycles. The van der Waals surface area contributed by atoms with E-state index in [0.29, 0.717) is 28.8 Å². The zero-order valence-electron chi connectivity index (χ0n) is 23.9. The maximum atomic E-state index is 13.8. The van der Waals surface area contributed by atoms with Gasteiger partial charge < -0.3 is 19.2 Å². The molecule has 4 heterocycles. The van der Waals surface area contributed by atoms with Crippen molar-refractivity contribution in [3.63, 3.8) is 0 Å². The summed E-state index contributed by atoms with van der Waals surface area (Å²) in [6.07, 6.45) is 2.03. The third kappa shape index (κ3) is 6.10. The molecule has 1 N–H and O–H groups in total. The van der Waals surface area contributed by atoms with Crippen molar-refractivity contribution in [3.05, 3.63) is 106 Å². The van der Waals surface area contributed by atoms with Gasteiger partial charge in [0.2, 0.25) is 0 Å². The second-order valence-electron chi connectivity index (χ2n) is 9.61. The molecule has 6 rings (SSSR count). The van der Waals surface area contributed by atoms with Crippen molar-refractivity contribution in [2.45, 2.75) is 24.2 Å². The van der Waals surface area contributed by atoms with Gasteiger partial charge in [-0.2, -0.15) is 5.10 Å². The van der Waals surface area contributed by atoms with Crippen LogP contribution in [0, 0.1) is 0 Å². The van der Waals surface area contributed by atoms with Gasteiger partial charge in [-0.25, -0.2) is 5.01 Å². The predicted octanol–water partition coefficient (Wildman–Crippen LogP) is 5.34.